The number of alkyl halides is 3. The van der Waals surface area contributed by atoms with E-state index in [0.29, 0.717) is 6.04 Å². The molecule has 0 unspecified atom stereocenters. The van der Waals surface area contributed by atoms with Gasteiger partial charge in [0.15, 0.2) is 0 Å². The number of benzene rings is 2. The SMILES string of the molecule is [2H]c1ccccc1C1(c2ccc(C(F)(F)F)cc2)CC1. The summed E-state index contributed by atoms with van der Waals surface area (Å²) in [5.41, 5.74) is 0.879. The lowest BCUT2D eigenvalue weighted by Gasteiger charge is -2.17. The lowest BCUT2D eigenvalue weighted by atomic mass is 9.87. The Morgan fingerprint density at radius 3 is 2.11 bits per heavy atom. The zero-order valence-corrected chi connectivity index (χ0v) is 10.2. The first kappa shape index (κ1) is 11.1. The molecule has 0 N–H and O–H groups in total. The van der Waals surface area contributed by atoms with Crippen LogP contribution in [-0.2, 0) is 11.6 Å². The maximum atomic E-state index is 12.6. The average Bonchev–Trinajstić information content (AvgIpc) is 3.20. The fourth-order valence-electron chi connectivity index (χ4n) is 2.51. The summed E-state index contributed by atoms with van der Waals surface area (Å²) in [5.74, 6) is 0. The van der Waals surface area contributed by atoms with E-state index in [2.05, 4.69) is 0 Å². The molecule has 19 heavy (non-hydrogen) atoms. The third-order valence-corrected chi connectivity index (χ3v) is 3.74. The van der Waals surface area contributed by atoms with Gasteiger partial charge in [0.2, 0.25) is 0 Å². The molecule has 98 valence electrons. The molecule has 0 radical (unpaired) electrons. The standard InChI is InChI=1S/C16H13F3/c17-16(18,19)14-8-6-13(7-9-14)15(10-11-15)12-4-2-1-3-5-12/h1-9H,10-11H2/i4D. The van der Waals surface area contributed by atoms with Crippen LogP contribution in [0.25, 0.3) is 0 Å². The predicted octanol–water partition coefficient (Wildman–Crippen LogP) is 4.79. The first-order chi connectivity index (χ1) is 9.43. The van der Waals surface area contributed by atoms with Crippen molar-refractivity contribution in [3.8, 4) is 0 Å². The second-order valence-corrected chi connectivity index (χ2v) is 4.93. The van der Waals surface area contributed by atoms with Crippen molar-refractivity contribution in [2.75, 3.05) is 0 Å². The Bertz CT molecular complexity index is 625. The minimum Gasteiger partial charge on any atom is -0.166 e. The first-order valence-corrected chi connectivity index (χ1v) is 6.17. The number of rotatable bonds is 2. The molecule has 0 saturated heterocycles. The molecular formula is C16H13F3. The van der Waals surface area contributed by atoms with E-state index in [1.54, 1.807) is 24.3 Å². The topological polar surface area (TPSA) is 0 Å². The van der Waals surface area contributed by atoms with E-state index in [-0.39, 0.29) is 5.41 Å². The van der Waals surface area contributed by atoms with E-state index in [1.165, 1.54) is 0 Å². The summed E-state index contributed by atoms with van der Waals surface area (Å²) in [6, 6.07) is 13.1. The highest BCUT2D eigenvalue weighted by atomic mass is 19.4. The predicted molar refractivity (Wildman–Crippen MR) is 67.9 cm³/mol. The van der Waals surface area contributed by atoms with Gasteiger partial charge in [-0.2, -0.15) is 13.2 Å². The van der Waals surface area contributed by atoms with Gasteiger partial charge in [-0.1, -0.05) is 42.4 Å². The summed E-state index contributed by atoms with van der Waals surface area (Å²) >= 11 is 0. The third-order valence-electron chi connectivity index (χ3n) is 3.74. The molecule has 1 fully saturated rings. The van der Waals surface area contributed by atoms with Gasteiger partial charge in [0, 0.05) is 5.41 Å². The van der Waals surface area contributed by atoms with Crippen LogP contribution >= 0.6 is 0 Å². The van der Waals surface area contributed by atoms with Gasteiger partial charge >= 0.3 is 6.18 Å². The fourth-order valence-corrected chi connectivity index (χ4v) is 2.51. The van der Waals surface area contributed by atoms with Crippen LogP contribution in [0.4, 0.5) is 13.2 Å². The van der Waals surface area contributed by atoms with E-state index < -0.39 is 11.7 Å². The highest BCUT2D eigenvalue weighted by Crippen LogP contribution is 2.53. The molecule has 0 spiro atoms. The van der Waals surface area contributed by atoms with Crippen LogP contribution in [0.5, 0.6) is 0 Å². The molecule has 0 heterocycles. The smallest absolute Gasteiger partial charge is 0.166 e. The number of halogens is 3. The Kier molecular flexibility index (Phi) is 2.40. The highest BCUT2D eigenvalue weighted by molar-refractivity contribution is 5.45. The van der Waals surface area contributed by atoms with Crippen LogP contribution in [0.2, 0.25) is 0 Å². The molecule has 0 aromatic heterocycles. The van der Waals surface area contributed by atoms with Gasteiger partial charge in [-0.15, -0.1) is 0 Å². The quantitative estimate of drug-likeness (QED) is 0.731. The third kappa shape index (κ3) is 2.14. The van der Waals surface area contributed by atoms with E-state index in [1.807, 2.05) is 12.1 Å². The van der Waals surface area contributed by atoms with Crippen molar-refractivity contribution in [1.29, 1.82) is 0 Å². The van der Waals surface area contributed by atoms with Gasteiger partial charge in [0.1, 0.15) is 0 Å². The summed E-state index contributed by atoms with van der Waals surface area (Å²) in [4.78, 5) is 0. The minimum absolute atomic E-state index is 0.261. The number of hydrogen-bond donors (Lipinski definition) is 0. The zero-order chi connectivity index (χ0) is 14.4. The molecule has 2 aromatic rings. The summed E-state index contributed by atoms with van der Waals surface area (Å²) < 4.78 is 45.7. The van der Waals surface area contributed by atoms with Crippen LogP contribution in [0.3, 0.4) is 0 Å². The maximum absolute atomic E-state index is 12.6. The second kappa shape index (κ2) is 4.12. The van der Waals surface area contributed by atoms with Crippen LogP contribution in [0.15, 0.2) is 54.6 Å². The Labute approximate surface area is 111 Å². The van der Waals surface area contributed by atoms with Gasteiger partial charge in [0.25, 0.3) is 0 Å². The van der Waals surface area contributed by atoms with E-state index in [9.17, 15) is 13.2 Å². The summed E-state index contributed by atoms with van der Waals surface area (Å²) in [7, 11) is 0. The summed E-state index contributed by atoms with van der Waals surface area (Å²) in [6.45, 7) is 0. The molecule has 0 aliphatic heterocycles. The molecular weight excluding hydrogens is 249 g/mol. The van der Waals surface area contributed by atoms with E-state index in [4.69, 9.17) is 1.37 Å². The normalized spacial score (nSPS) is 17.9. The average molecular weight is 263 g/mol. The minimum atomic E-state index is -4.30. The molecule has 0 bridgehead atoms. The summed E-state index contributed by atoms with van der Waals surface area (Å²) in [6.07, 6.45) is -2.54. The van der Waals surface area contributed by atoms with Gasteiger partial charge in [-0.3, -0.25) is 0 Å². The molecule has 3 heteroatoms. The fraction of sp³-hybridized carbons (Fsp3) is 0.250. The van der Waals surface area contributed by atoms with Gasteiger partial charge in [0.05, 0.1) is 6.93 Å². The van der Waals surface area contributed by atoms with E-state index >= 15 is 0 Å². The molecule has 3 rings (SSSR count). The molecule has 1 aliphatic carbocycles. The monoisotopic (exact) mass is 263 g/mol. The largest absolute Gasteiger partial charge is 0.416 e. The summed E-state index contributed by atoms with van der Waals surface area (Å²) in [5, 5.41) is 0. The highest BCUT2D eigenvalue weighted by Gasteiger charge is 2.45. The van der Waals surface area contributed by atoms with Crippen molar-refractivity contribution < 1.29 is 14.5 Å². The van der Waals surface area contributed by atoms with Crippen molar-refractivity contribution in [3.05, 3.63) is 71.3 Å². The van der Waals surface area contributed by atoms with Gasteiger partial charge in [-0.25, -0.2) is 0 Å². The molecule has 1 saturated carbocycles. The maximum Gasteiger partial charge on any atom is 0.416 e. The first-order valence-electron chi connectivity index (χ1n) is 6.67. The Balaban J connectivity index is 1.99. The Morgan fingerprint density at radius 2 is 1.58 bits per heavy atom. The lowest BCUT2D eigenvalue weighted by molar-refractivity contribution is -0.137. The Morgan fingerprint density at radius 1 is 0.895 bits per heavy atom. The van der Waals surface area contributed by atoms with Gasteiger partial charge in [-0.05, 0) is 36.1 Å². The molecule has 0 nitrogen and oxygen atoms in total. The Hall–Kier alpha value is -1.77. The van der Waals surface area contributed by atoms with Gasteiger partial charge < -0.3 is 0 Å². The molecule has 0 atom stereocenters. The molecule has 0 amide bonds. The lowest BCUT2D eigenvalue weighted by Crippen LogP contribution is -2.10. The molecule has 2 aromatic carbocycles. The number of hydrogen-bond acceptors (Lipinski definition) is 0. The van der Waals surface area contributed by atoms with Crippen LogP contribution in [-0.4, -0.2) is 0 Å². The van der Waals surface area contributed by atoms with Crippen molar-refractivity contribution in [2.45, 2.75) is 24.4 Å². The van der Waals surface area contributed by atoms with E-state index in [0.717, 1.165) is 36.1 Å². The molecule has 1 aliphatic rings. The van der Waals surface area contributed by atoms with Crippen molar-refractivity contribution in [3.63, 3.8) is 0 Å². The van der Waals surface area contributed by atoms with Crippen LogP contribution in [0.1, 0.15) is 30.9 Å². The van der Waals surface area contributed by atoms with Crippen LogP contribution < -0.4 is 0 Å². The van der Waals surface area contributed by atoms with Crippen molar-refractivity contribution in [1.82, 2.24) is 0 Å². The zero-order valence-electron chi connectivity index (χ0n) is 11.2. The second-order valence-electron chi connectivity index (χ2n) is 4.93. The van der Waals surface area contributed by atoms with Crippen molar-refractivity contribution in [2.24, 2.45) is 0 Å². The van der Waals surface area contributed by atoms with Crippen LogP contribution in [0, 0.1) is 0 Å². The van der Waals surface area contributed by atoms with Crippen molar-refractivity contribution >= 4 is 0 Å².